The summed E-state index contributed by atoms with van der Waals surface area (Å²) in [6, 6.07) is -0.185. The van der Waals surface area contributed by atoms with Crippen LogP contribution in [-0.2, 0) is 9.59 Å². The van der Waals surface area contributed by atoms with Crippen molar-refractivity contribution in [1.29, 1.82) is 0 Å². The lowest BCUT2D eigenvalue weighted by molar-refractivity contribution is -0.162. The van der Waals surface area contributed by atoms with Gasteiger partial charge in [-0.15, -0.1) is 0 Å². The summed E-state index contributed by atoms with van der Waals surface area (Å²) in [5.41, 5.74) is -1.02. The molecule has 2 atom stereocenters. The summed E-state index contributed by atoms with van der Waals surface area (Å²) in [5, 5.41) is 12.6. The van der Waals surface area contributed by atoms with Crippen LogP contribution in [0.25, 0.3) is 0 Å². The van der Waals surface area contributed by atoms with Crippen LogP contribution in [0.3, 0.4) is 0 Å². The summed E-state index contributed by atoms with van der Waals surface area (Å²) in [6.07, 6.45) is 5.30. The highest BCUT2D eigenvalue weighted by molar-refractivity contribution is 5.89. The monoisotopic (exact) mass is 254 g/mol. The van der Waals surface area contributed by atoms with Gasteiger partial charge in [-0.1, -0.05) is 6.42 Å². The van der Waals surface area contributed by atoms with Gasteiger partial charge >= 0.3 is 5.97 Å². The van der Waals surface area contributed by atoms with Gasteiger partial charge in [0.25, 0.3) is 0 Å². The molecule has 2 aliphatic heterocycles. The normalized spacial score (nSPS) is 33.2. The molecule has 2 saturated heterocycles. The van der Waals surface area contributed by atoms with Crippen LogP contribution >= 0.6 is 0 Å². The number of piperidine rings is 2. The maximum atomic E-state index is 12.5. The quantitative estimate of drug-likeness (QED) is 0.771. The number of nitrogens with zero attached hydrogens (tertiary/aromatic N) is 1. The van der Waals surface area contributed by atoms with E-state index in [1.54, 1.807) is 11.8 Å². The Balaban J connectivity index is 2.13. The molecule has 0 saturated carbocycles. The predicted molar refractivity (Wildman–Crippen MR) is 67.2 cm³/mol. The molecule has 2 unspecified atom stereocenters. The van der Waals surface area contributed by atoms with E-state index < -0.39 is 11.5 Å². The molecule has 0 aromatic rings. The lowest BCUT2D eigenvalue weighted by atomic mass is 9.87. The molecular formula is C13H22N2O3. The summed E-state index contributed by atoms with van der Waals surface area (Å²) in [4.78, 5) is 25.5. The summed E-state index contributed by atoms with van der Waals surface area (Å²) in [5.74, 6) is -0.911. The van der Waals surface area contributed by atoms with E-state index in [0.717, 1.165) is 38.6 Å². The molecule has 0 aromatic heterocycles. The number of hydrogen-bond donors (Lipinski definition) is 2. The van der Waals surface area contributed by atoms with Gasteiger partial charge < -0.3 is 15.3 Å². The Morgan fingerprint density at radius 2 is 2.06 bits per heavy atom. The third-order valence-corrected chi connectivity index (χ3v) is 4.23. The molecule has 0 aromatic carbocycles. The molecule has 0 bridgehead atoms. The van der Waals surface area contributed by atoms with E-state index >= 15 is 0 Å². The standard InChI is InChI=1S/C13H22N2O3/c1-13(12(17)18)7-3-5-9-15(13)11(16)10-6-2-4-8-14-10/h10,14H,2-9H2,1H3,(H,17,18). The van der Waals surface area contributed by atoms with Gasteiger partial charge in [-0.3, -0.25) is 4.79 Å². The molecule has 1 amide bonds. The Morgan fingerprint density at radius 3 is 2.67 bits per heavy atom. The van der Waals surface area contributed by atoms with Crippen molar-refractivity contribution in [1.82, 2.24) is 10.2 Å². The number of carboxylic acids is 1. The van der Waals surface area contributed by atoms with Crippen molar-refractivity contribution in [3.05, 3.63) is 0 Å². The van der Waals surface area contributed by atoms with Gasteiger partial charge in [0.15, 0.2) is 0 Å². The zero-order valence-corrected chi connectivity index (χ0v) is 10.9. The third kappa shape index (κ3) is 2.36. The molecule has 5 heteroatoms. The second kappa shape index (κ2) is 5.26. The fourth-order valence-electron chi connectivity index (χ4n) is 2.95. The van der Waals surface area contributed by atoms with E-state index in [4.69, 9.17) is 0 Å². The Labute approximate surface area is 108 Å². The SMILES string of the molecule is CC1(C(=O)O)CCCCN1C(=O)C1CCCCN1. The molecule has 0 spiro atoms. The molecule has 2 aliphatic rings. The van der Waals surface area contributed by atoms with E-state index in [0.29, 0.717) is 13.0 Å². The largest absolute Gasteiger partial charge is 0.480 e. The number of carbonyl (C=O) groups is 2. The molecule has 5 nitrogen and oxygen atoms in total. The maximum absolute atomic E-state index is 12.5. The number of nitrogens with one attached hydrogen (secondary N) is 1. The van der Waals surface area contributed by atoms with Gasteiger partial charge in [0.05, 0.1) is 6.04 Å². The number of hydrogen-bond acceptors (Lipinski definition) is 3. The molecule has 102 valence electrons. The molecule has 2 rings (SSSR count). The summed E-state index contributed by atoms with van der Waals surface area (Å²) >= 11 is 0. The predicted octanol–water partition coefficient (Wildman–Crippen LogP) is 0.984. The molecule has 0 aliphatic carbocycles. The first kappa shape index (κ1) is 13.3. The average molecular weight is 254 g/mol. The Kier molecular flexibility index (Phi) is 3.90. The Morgan fingerprint density at radius 1 is 1.28 bits per heavy atom. The number of likely N-dealkylation sites (tertiary alicyclic amines) is 1. The van der Waals surface area contributed by atoms with Crippen molar-refractivity contribution in [3.8, 4) is 0 Å². The first-order chi connectivity index (χ1) is 8.55. The van der Waals surface area contributed by atoms with Crippen molar-refractivity contribution < 1.29 is 14.7 Å². The lowest BCUT2D eigenvalue weighted by Crippen LogP contribution is -2.61. The zero-order chi connectivity index (χ0) is 13.2. The minimum Gasteiger partial charge on any atom is -0.480 e. The summed E-state index contributed by atoms with van der Waals surface area (Å²) in [7, 11) is 0. The highest BCUT2D eigenvalue weighted by atomic mass is 16.4. The molecule has 2 fully saturated rings. The Hall–Kier alpha value is -1.10. The minimum absolute atomic E-state index is 0.0284. The first-order valence-corrected chi connectivity index (χ1v) is 6.84. The fourth-order valence-corrected chi connectivity index (χ4v) is 2.95. The van der Waals surface area contributed by atoms with Crippen LogP contribution in [0.5, 0.6) is 0 Å². The molecular weight excluding hydrogens is 232 g/mol. The van der Waals surface area contributed by atoms with Gasteiger partial charge in [0.2, 0.25) is 5.91 Å². The van der Waals surface area contributed by atoms with E-state index in [1.807, 2.05) is 0 Å². The van der Waals surface area contributed by atoms with E-state index in [2.05, 4.69) is 5.32 Å². The minimum atomic E-state index is -1.02. The van der Waals surface area contributed by atoms with Crippen LogP contribution in [-0.4, -0.2) is 46.6 Å². The Bertz CT molecular complexity index is 339. The van der Waals surface area contributed by atoms with Crippen LogP contribution in [0.1, 0.15) is 45.4 Å². The van der Waals surface area contributed by atoms with Crippen molar-refractivity contribution in [3.63, 3.8) is 0 Å². The van der Waals surface area contributed by atoms with Crippen molar-refractivity contribution in [2.45, 2.75) is 57.0 Å². The lowest BCUT2D eigenvalue weighted by Gasteiger charge is -2.43. The topological polar surface area (TPSA) is 69.6 Å². The fraction of sp³-hybridized carbons (Fsp3) is 0.846. The van der Waals surface area contributed by atoms with E-state index in [9.17, 15) is 14.7 Å². The van der Waals surface area contributed by atoms with Crippen LogP contribution in [0.4, 0.5) is 0 Å². The van der Waals surface area contributed by atoms with Crippen molar-refractivity contribution >= 4 is 11.9 Å². The molecule has 2 N–H and O–H groups in total. The smallest absolute Gasteiger partial charge is 0.329 e. The van der Waals surface area contributed by atoms with Crippen molar-refractivity contribution in [2.24, 2.45) is 0 Å². The highest BCUT2D eigenvalue weighted by Gasteiger charge is 2.45. The molecule has 2 heterocycles. The van der Waals surface area contributed by atoms with Gasteiger partial charge in [0, 0.05) is 6.54 Å². The number of rotatable bonds is 2. The molecule has 0 radical (unpaired) electrons. The van der Waals surface area contributed by atoms with Crippen LogP contribution in [0.15, 0.2) is 0 Å². The maximum Gasteiger partial charge on any atom is 0.329 e. The number of carbonyl (C=O) groups excluding carboxylic acids is 1. The summed E-state index contributed by atoms with van der Waals surface area (Å²) in [6.45, 7) is 3.10. The third-order valence-electron chi connectivity index (χ3n) is 4.23. The average Bonchev–Trinajstić information content (AvgIpc) is 2.39. The van der Waals surface area contributed by atoms with Gasteiger partial charge in [-0.05, 0) is 45.6 Å². The van der Waals surface area contributed by atoms with E-state index in [1.165, 1.54) is 0 Å². The second-order valence-electron chi connectivity index (χ2n) is 5.53. The van der Waals surface area contributed by atoms with Gasteiger partial charge in [-0.25, -0.2) is 4.79 Å². The number of amides is 1. The van der Waals surface area contributed by atoms with Crippen LogP contribution < -0.4 is 5.32 Å². The number of carboxylic acid groups (broad SMARTS) is 1. The molecule has 18 heavy (non-hydrogen) atoms. The van der Waals surface area contributed by atoms with Gasteiger partial charge in [-0.2, -0.15) is 0 Å². The van der Waals surface area contributed by atoms with E-state index in [-0.39, 0.29) is 11.9 Å². The van der Waals surface area contributed by atoms with Crippen molar-refractivity contribution in [2.75, 3.05) is 13.1 Å². The number of aliphatic carboxylic acids is 1. The highest BCUT2D eigenvalue weighted by Crippen LogP contribution is 2.29. The van der Waals surface area contributed by atoms with Crippen LogP contribution in [0.2, 0.25) is 0 Å². The second-order valence-corrected chi connectivity index (χ2v) is 5.53. The summed E-state index contributed by atoms with van der Waals surface area (Å²) < 4.78 is 0. The first-order valence-electron chi connectivity index (χ1n) is 6.84. The van der Waals surface area contributed by atoms with Crippen LogP contribution in [0, 0.1) is 0 Å². The zero-order valence-electron chi connectivity index (χ0n) is 10.9. The van der Waals surface area contributed by atoms with Gasteiger partial charge in [0.1, 0.15) is 5.54 Å².